The molecule has 0 radical (unpaired) electrons. The fourth-order valence-electron chi connectivity index (χ4n) is 2.55. The first-order valence-electron chi connectivity index (χ1n) is 7.06. The van der Waals surface area contributed by atoms with Gasteiger partial charge in [0, 0.05) is 19.8 Å². The largest absolute Gasteiger partial charge is 0.338 e. The standard InChI is InChI=1S/C17H15N3O3/c1-18(2)20-15(21)13-10-6-7-11-14(13)19(16(22)17(20)23)12-8-4-3-5-9-12/h3-11H,1-2H3. The maximum absolute atomic E-state index is 12.7. The average Bonchev–Trinajstić information content (AvgIpc) is 2.63. The van der Waals surface area contributed by atoms with Crippen molar-refractivity contribution in [3.8, 4) is 5.69 Å². The van der Waals surface area contributed by atoms with E-state index in [1.54, 1.807) is 62.6 Å². The van der Waals surface area contributed by atoms with E-state index >= 15 is 0 Å². The Bertz CT molecular complexity index is 1050. The molecule has 0 spiro atoms. The van der Waals surface area contributed by atoms with E-state index in [2.05, 4.69) is 0 Å². The molecule has 3 rings (SSSR count). The number of rotatable bonds is 2. The first-order valence-corrected chi connectivity index (χ1v) is 7.06. The fourth-order valence-corrected chi connectivity index (χ4v) is 2.55. The molecule has 2 aromatic carbocycles. The molecule has 6 heteroatoms. The predicted molar refractivity (Wildman–Crippen MR) is 90.1 cm³/mol. The van der Waals surface area contributed by atoms with Gasteiger partial charge in [-0.25, -0.2) is 0 Å². The first kappa shape index (κ1) is 14.8. The number of nitrogens with zero attached hydrogens (tertiary/aromatic N) is 3. The van der Waals surface area contributed by atoms with Crippen molar-refractivity contribution in [3.63, 3.8) is 0 Å². The predicted octanol–water partition coefficient (Wildman–Crippen LogP) is 0.710. The van der Waals surface area contributed by atoms with Crippen molar-refractivity contribution in [1.29, 1.82) is 0 Å². The van der Waals surface area contributed by atoms with Crippen LogP contribution in [0.15, 0.2) is 69.0 Å². The number of hydrogen-bond acceptors (Lipinski definition) is 4. The van der Waals surface area contributed by atoms with Gasteiger partial charge in [-0.1, -0.05) is 30.3 Å². The summed E-state index contributed by atoms with van der Waals surface area (Å²) >= 11 is 0. The Morgan fingerprint density at radius 1 is 0.739 bits per heavy atom. The van der Waals surface area contributed by atoms with Crippen LogP contribution in [-0.2, 0) is 0 Å². The van der Waals surface area contributed by atoms with Gasteiger partial charge in [0.1, 0.15) is 0 Å². The summed E-state index contributed by atoms with van der Waals surface area (Å²) in [6.07, 6.45) is 0. The molecule has 0 N–H and O–H groups in total. The van der Waals surface area contributed by atoms with Gasteiger partial charge >= 0.3 is 11.1 Å². The lowest BCUT2D eigenvalue weighted by atomic mass is 10.2. The van der Waals surface area contributed by atoms with E-state index in [9.17, 15) is 14.4 Å². The van der Waals surface area contributed by atoms with Crippen molar-refractivity contribution < 1.29 is 0 Å². The second kappa shape index (κ2) is 5.57. The molecule has 116 valence electrons. The van der Waals surface area contributed by atoms with Gasteiger partial charge in [0.15, 0.2) is 0 Å². The molecule has 0 aliphatic heterocycles. The van der Waals surface area contributed by atoms with Crippen LogP contribution in [-0.4, -0.2) is 23.3 Å². The molecule has 0 bridgehead atoms. The van der Waals surface area contributed by atoms with Gasteiger partial charge in [-0.05, 0) is 24.3 Å². The summed E-state index contributed by atoms with van der Waals surface area (Å²) in [6, 6.07) is 15.5. The van der Waals surface area contributed by atoms with E-state index < -0.39 is 16.7 Å². The maximum Gasteiger partial charge on any atom is 0.338 e. The number of hydrogen-bond donors (Lipinski definition) is 0. The van der Waals surface area contributed by atoms with E-state index in [0.29, 0.717) is 16.6 Å². The van der Waals surface area contributed by atoms with Crippen LogP contribution < -0.4 is 21.7 Å². The van der Waals surface area contributed by atoms with Crippen LogP contribution in [0.4, 0.5) is 0 Å². The van der Waals surface area contributed by atoms with E-state index in [1.807, 2.05) is 6.07 Å². The lowest BCUT2D eigenvalue weighted by Crippen LogP contribution is -2.49. The molecule has 1 heterocycles. The summed E-state index contributed by atoms with van der Waals surface area (Å²) in [7, 11) is 3.09. The van der Waals surface area contributed by atoms with Gasteiger partial charge in [0.2, 0.25) is 0 Å². The highest BCUT2D eigenvalue weighted by atomic mass is 16.2. The average molecular weight is 309 g/mol. The summed E-state index contributed by atoms with van der Waals surface area (Å²) in [5.74, 6) is 0. The number of para-hydroxylation sites is 2. The molecule has 0 amide bonds. The minimum Gasteiger partial charge on any atom is -0.313 e. The van der Waals surface area contributed by atoms with Crippen molar-refractivity contribution in [1.82, 2.24) is 9.24 Å². The maximum atomic E-state index is 12.7. The molecule has 23 heavy (non-hydrogen) atoms. The van der Waals surface area contributed by atoms with Gasteiger partial charge in [-0.2, -0.15) is 4.68 Å². The van der Waals surface area contributed by atoms with Crippen LogP contribution in [0.1, 0.15) is 0 Å². The topological polar surface area (TPSA) is 64.3 Å². The fraction of sp³-hybridized carbons (Fsp3) is 0.118. The Morgan fingerprint density at radius 3 is 2.00 bits per heavy atom. The Balaban J connectivity index is 2.68. The first-order chi connectivity index (χ1) is 11.0. The second-order valence-electron chi connectivity index (χ2n) is 5.26. The molecular weight excluding hydrogens is 294 g/mol. The van der Waals surface area contributed by atoms with Gasteiger partial charge in [0.25, 0.3) is 5.56 Å². The highest BCUT2D eigenvalue weighted by Crippen LogP contribution is 2.12. The normalized spacial score (nSPS) is 10.7. The Labute approximate surface area is 131 Å². The highest BCUT2D eigenvalue weighted by molar-refractivity contribution is 5.79. The van der Waals surface area contributed by atoms with Crippen molar-refractivity contribution in [2.75, 3.05) is 19.1 Å². The number of benzene rings is 2. The monoisotopic (exact) mass is 309 g/mol. The summed E-state index contributed by atoms with van der Waals surface area (Å²) in [4.78, 5) is 37.9. The molecule has 0 saturated carbocycles. The quantitative estimate of drug-likeness (QED) is 0.654. The number of aromatic nitrogens is 2. The van der Waals surface area contributed by atoms with Crippen LogP contribution in [0.3, 0.4) is 0 Å². The third-order valence-corrected chi connectivity index (χ3v) is 3.56. The SMILES string of the molecule is CN(C)n1c(=O)c(=O)n(-c2ccccc2)c2ccccc2c1=O. The Kier molecular flexibility index (Phi) is 3.57. The van der Waals surface area contributed by atoms with Crippen LogP contribution in [0.2, 0.25) is 0 Å². The zero-order valence-electron chi connectivity index (χ0n) is 12.8. The summed E-state index contributed by atoms with van der Waals surface area (Å²) < 4.78 is 2.13. The van der Waals surface area contributed by atoms with Crippen LogP contribution in [0, 0.1) is 0 Å². The molecule has 0 aliphatic carbocycles. The molecule has 0 aliphatic rings. The van der Waals surface area contributed by atoms with Crippen molar-refractivity contribution >= 4 is 10.9 Å². The molecule has 6 nitrogen and oxygen atoms in total. The second-order valence-corrected chi connectivity index (χ2v) is 5.26. The smallest absolute Gasteiger partial charge is 0.313 e. The molecule has 0 saturated heterocycles. The lowest BCUT2D eigenvalue weighted by Gasteiger charge is -2.11. The van der Waals surface area contributed by atoms with Crippen LogP contribution in [0.5, 0.6) is 0 Å². The molecule has 0 unspecified atom stereocenters. The minimum atomic E-state index is -0.889. The molecule has 0 fully saturated rings. The van der Waals surface area contributed by atoms with E-state index in [-0.39, 0.29) is 0 Å². The molecule has 0 atom stereocenters. The van der Waals surface area contributed by atoms with Crippen molar-refractivity contribution in [3.05, 3.63) is 85.7 Å². The highest BCUT2D eigenvalue weighted by Gasteiger charge is 2.14. The molecule has 3 aromatic rings. The summed E-state index contributed by atoms with van der Waals surface area (Å²) in [6.45, 7) is 0. The lowest BCUT2D eigenvalue weighted by molar-refractivity contribution is 0.675. The zero-order valence-corrected chi connectivity index (χ0v) is 12.8. The van der Waals surface area contributed by atoms with E-state index in [0.717, 1.165) is 4.68 Å². The molecular formula is C17H15N3O3. The zero-order chi connectivity index (χ0) is 16.6. The van der Waals surface area contributed by atoms with Gasteiger partial charge in [0.05, 0.1) is 10.9 Å². The van der Waals surface area contributed by atoms with Crippen LogP contribution >= 0.6 is 0 Å². The van der Waals surface area contributed by atoms with Gasteiger partial charge < -0.3 is 5.01 Å². The number of fused-ring (bicyclic) bond motifs is 1. The van der Waals surface area contributed by atoms with E-state index in [4.69, 9.17) is 0 Å². The Hall–Kier alpha value is -3.15. The van der Waals surface area contributed by atoms with Crippen molar-refractivity contribution in [2.45, 2.75) is 0 Å². The molecule has 1 aromatic heterocycles. The third kappa shape index (κ3) is 2.34. The van der Waals surface area contributed by atoms with Gasteiger partial charge in [-0.3, -0.25) is 19.0 Å². The Morgan fingerprint density at radius 2 is 1.35 bits per heavy atom. The minimum absolute atomic E-state index is 0.296. The summed E-state index contributed by atoms with van der Waals surface area (Å²) in [5, 5.41) is 1.61. The van der Waals surface area contributed by atoms with Crippen molar-refractivity contribution in [2.24, 2.45) is 0 Å². The third-order valence-electron chi connectivity index (χ3n) is 3.56. The van der Waals surface area contributed by atoms with E-state index in [1.165, 1.54) is 9.58 Å². The van der Waals surface area contributed by atoms with Gasteiger partial charge in [-0.15, -0.1) is 0 Å². The van der Waals surface area contributed by atoms with Crippen LogP contribution in [0.25, 0.3) is 16.6 Å². The summed E-state index contributed by atoms with van der Waals surface area (Å²) in [5.41, 5.74) is -1.26.